The van der Waals surface area contributed by atoms with Gasteiger partial charge >= 0.3 is 0 Å². The maximum atomic E-state index is 4.62. The van der Waals surface area contributed by atoms with Crippen LogP contribution in [0.1, 0.15) is 44.0 Å². The fraction of sp³-hybridized carbons (Fsp3) is 0.833. The second kappa shape index (κ2) is 7.14. The molecule has 4 nitrogen and oxygen atoms in total. The van der Waals surface area contributed by atoms with E-state index in [2.05, 4.69) is 46.8 Å². The quantitative estimate of drug-likeness (QED) is 0.928. The summed E-state index contributed by atoms with van der Waals surface area (Å²) in [5.41, 5.74) is 2.42. The Bertz CT molecular complexity index is 467. The molecule has 3 rings (SSSR count). The molecule has 1 atom stereocenters. The zero-order valence-corrected chi connectivity index (χ0v) is 14.5. The van der Waals surface area contributed by atoms with Crippen molar-refractivity contribution < 1.29 is 0 Å². The van der Waals surface area contributed by atoms with E-state index in [1.54, 1.807) is 0 Å². The Morgan fingerprint density at radius 1 is 1.14 bits per heavy atom. The van der Waals surface area contributed by atoms with Gasteiger partial charge in [0, 0.05) is 11.7 Å². The van der Waals surface area contributed by atoms with Crippen LogP contribution in [0, 0.1) is 25.7 Å². The van der Waals surface area contributed by atoms with Crippen molar-refractivity contribution in [1.82, 2.24) is 20.0 Å². The molecule has 1 aromatic rings. The van der Waals surface area contributed by atoms with Crippen molar-refractivity contribution in [2.24, 2.45) is 11.8 Å². The van der Waals surface area contributed by atoms with Crippen LogP contribution in [-0.4, -0.2) is 46.9 Å². The number of aryl methyl sites for hydroxylation is 2. The summed E-state index contributed by atoms with van der Waals surface area (Å²) in [4.78, 5) is 2.67. The highest BCUT2D eigenvalue weighted by molar-refractivity contribution is 5.06. The molecule has 2 fully saturated rings. The van der Waals surface area contributed by atoms with E-state index in [1.807, 2.05) is 0 Å². The normalized spacial score (nSPS) is 23.8. The van der Waals surface area contributed by atoms with Crippen LogP contribution in [0.25, 0.3) is 0 Å². The third-order valence-electron chi connectivity index (χ3n) is 5.79. The summed E-state index contributed by atoms with van der Waals surface area (Å²) >= 11 is 0. The van der Waals surface area contributed by atoms with Gasteiger partial charge in [0.25, 0.3) is 0 Å². The number of piperidine rings is 2. The molecule has 1 unspecified atom stereocenters. The first-order chi connectivity index (χ1) is 10.6. The molecule has 2 saturated heterocycles. The van der Waals surface area contributed by atoms with Crippen LogP contribution in [-0.2, 0) is 6.54 Å². The Hall–Kier alpha value is -0.870. The highest BCUT2D eigenvalue weighted by Gasteiger charge is 2.29. The number of rotatable bonds is 4. The smallest absolute Gasteiger partial charge is 0.0596 e. The average molecular weight is 304 g/mol. The summed E-state index contributed by atoms with van der Waals surface area (Å²) < 4.78 is 2.18. The molecule has 2 aliphatic heterocycles. The molecule has 0 bridgehead atoms. The van der Waals surface area contributed by atoms with Crippen molar-refractivity contribution in [3.8, 4) is 0 Å². The molecule has 0 amide bonds. The molecular formula is C18H32N4. The summed E-state index contributed by atoms with van der Waals surface area (Å²) in [5.74, 6) is 1.95. The Morgan fingerprint density at radius 3 is 2.36 bits per heavy atom. The molecule has 22 heavy (non-hydrogen) atoms. The van der Waals surface area contributed by atoms with E-state index in [1.165, 1.54) is 57.6 Å². The highest BCUT2D eigenvalue weighted by atomic mass is 15.3. The van der Waals surface area contributed by atoms with E-state index in [-0.39, 0.29) is 0 Å². The van der Waals surface area contributed by atoms with Crippen LogP contribution < -0.4 is 5.32 Å². The van der Waals surface area contributed by atoms with Gasteiger partial charge in [-0.05, 0) is 90.5 Å². The van der Waals surface area contributed by atoms with Gasteiger partial charge in [-0.15, -0.1) is 0 Å². The van der Waals surface area contributed by atoms with Crippen LogP contribution in [0.3, 0.4) is 0 Å². The second-order valence-electron chi connectivity index (χ2n) is 7.42. The fourth-order valence-corrected chi connectivity index (χ4v) is 4.37. The average Bonchev–Trinajstić information content (AvgIpc) is 2.86. The standard InChI is InChI=1S/C18H32N4/c1-14-12-15(2)22(20-14)13-16(3)21-10-6-18(7-11-21)17-4-8-19-9-5-17/h12,16-19H,4-11,13H2,1-3H3. The lowest BCUT2D eigenvalue weighted by Crippen LogP contribution is -2.44. The summed E-state index contributed by atoms with van der Waals surface area (Å²) in [6.07, 6.45) is 5.58. The molecule has 4 heteroatoms. The minimum atomic E-state index is 0.590. The van der Waals surface area contributed by atoms with Gasteiger partial charge in [0.15, 0.2) is 0 Å². The number of hydrogen-bond donors (Lipinski definition) is 1. The van der Waals surface area contributed by atoms with E-state index >= 15 is 0 Å². The molecule has 1 N–H and O–H groups in total. The molecule has 3 heterocycles. The largest absolute Gasteiger partial charge is 0.317 e. The summed E-state index contributed by atoms with van der Waals surface area (Å²) in [6, 6.07) is 2.77. The van der Waals surface area contributed by atoms with Crippen LogP contribution in [0.5, 0.6) is 0 Å². The van der Waals surface area contributed by atoms with E-state index < -0.39 is 0 Å². The second-order valence-corrected chi connectivity index (χ2v) is 7.42. The number of aromatic nitrogens is 2. The van der Waals surface area contributed by atoms with Gasteiger partial charge in [-0.3, -0.25) is 9.58 Å². The SMILES string of the molecule is Cc1cc(C)n(CC(C)N2CCC(C3CCNCC3)CC2)n1. The van der Waals surface area contributed by atoms with Crippen LogP contribution in [0.15, 0.2) is 6.07 Å². The topological polar surface area (TPSA) is 33.1 Å². The van der Waals surface area contributed by atoms with Crippen molar-refractivity contribution >= 4 is 0 Å². The molecule has 0 saturated carbocycles. The first-order valence-electron chi connectivity index (χ1n) is 9.09. The molecule has 1 aromatic heterocycles. The lowest BCUT2D eigenvalue weighted by atomic mass is 9.79. The zero-order valence-electron chi connectivity index (χ0n) is 14.5. The maximum Gasteiger partial charge on any atom is 0.0596 e. The number of likely N-dealkylation sites (tertiary alicyclic amines) is 1. The van der Waals surface area contributed by atoms with E-state index in [0.29, 0.717) is 6.04 Å². The van der Waals surface area contributed by atoms with Crippen LogP contribution in [0.2, 0.25) is 0 Å². The first-order valence-corrected chi connectivity index (χ1v) is 9.09. The third-order valence-corrected chi connectivity index (χ3v) is 5.79. The van der Waals surface area contributed by atoms with Crippen molar-refractivity contribution in [3.05, 3.63) is 17.5 Å². The van der Waals surface area contributed by atoms with Gasteiger partial charge in [0.05, 0.1) is 12.2 Å². The van der Waals surface area contributed by atoms with Gasteiger partial charge in [0.2, 0.25) is 0 Å². The highest BCUT2D eigenvalue weighted by Crippen LogP contribution is 2.31. The first kappa shape index (κ1) is 16.0. The Kier molecular flexibility index (Phi) is 5.19. The third kappa shape index (κ3) is 3.72. The minimum absolute atomic E-state index is 0.590. The van der Waals surface area contributed by atoms with Crippen molar-refractivity contribution in [2.45, 2.75) is 59.0 Å². The van der Waals surface area contributed by atoms with Gasteiger partial charge in [-0.25, -0.2) is 0 Å². The predicted molar refractivity (Wildman–Crippen MR) is 91.1 cm³/mol. The lowest BCUT2D eigenvalue weighted by Gasteiger charge is -2.40. The number of nitrogens with zero attached hydrogens (tertiary/aromatic N) is 3. The van der Waals surface area contributed by atoms with Gasteiger partial charge in [-0.2, -0.15) is 5.10 Å². The molecule has 0 aromatic carbocycles. The van der Waals surface area contributed by atoms with E-state index in [0.717, 1.165) is 24.1 Å². The maximum absolute atomic E-state index is 4.62. The predicted octanol–water partition coefficient (Wildman–Crippen LogP) is 2.60. The molecule has 0 aliphatic carbocycles. The summed E-state index contributed by atoms with van der Waals surface area (Å²) in [7, 11) is 0. The Morgan fingerprint density at radius 2 is 1.77 bits per heavy atom. The molecule has 124 valence electrons. The van der Waals surface area contributed by atoms with E-state index in [9.17, 15) is 0 Å². The zero-order chi connectivity index (χ0) is 15.5. The molecule has 0 radical (unpaired) electrons. The monoisotopic (exact) mass is 304 g/mol. The molecule has 2 aliphatic rings. The van der Waals surface area contributed by atoms with E-state index in [4.69, 9.17) is 0 Å². The van der Waals surface area contributed by atoms with Gasteiger partial charge < -0.3 is 5.32 Å². The van der Waals surface area contributed by atoms with Crippen molar-refractivity contribution in [2.75, 3.05) is 26.2 Å². The van der Waals surface area contributed by atoms with Crippen molar-refractivity contribution in [1.29, 1.82) is 0 Å². The van der Waals surface area contributed by atoms with Gasteiger partial charge in [-0.1, -0.05) is 0 Å². The van der Waals surface area contributed by atoms with Gasteiger partial charge in [0.1, 0.15) is 0 Å². The van der Waals surface area contributed by atoms with Crippen LogP contribution in [0.4, 0.5) is 0 Å². The summed E-state index contributed by atoms with van der Waals surface area (Å²) in [5, 5.41) is 8.11. The summed E-state index contributed by atoms with van der Waals surface area (Å²) in [6.45, 7) is 12.6. The Labute approximate surface area is 135 Å². The molecule has 0 spiro atoms. The lowest BCUT2D eigenvalue weighted by molar-refractivity contribution is 0.0945. The van der Waals surface area contributed by atoms with Crippen LogP contribution >= 0.6 is 0 Å². The number of nitrogens with one attached hydrogen (secondary N) is 1. The number of hydrogen-bond acceptors (Lipinski definition) is 3. The fourth-order valence-electron chi connectivity index (χ4n) is 4.37. The Balaban J connectivity index is 1.49. The van der Waals surface area contributed by atoms with Crippen molar-refractivity contribution in [3.63, 3.8) is 0 Å². The minimum Gasteiger partial charge on any atom is -0.317 e. The molecular weight excluding hydrogens is 272 g/mol.